The normalized spacial score (nSPS) is 10.1. The number of nitrogens with zero attached hydrogens (tertiary/aromatic N) is 2. The van der Waals surface area contributed by atoms with Crippen LogP contribution in [-0.4, -0.2) is 9.55 Å². The lowest BCUT2D eigenvalue weighted by Crippen LogP contribution is -2.24. The summed E-state index contributed by atoms with van der Waals surface area (Å²) in [5.74, 6) is 0.602. The third-order valence-corrected chi connectivity index (χ3v) is 2.42. The van der Waals surface area contributed by atoms with Gasteiger partial charge >= 0.3 is 0 Å². The number of nitrogen functional groups attached to an aromatic ring is 1. The van der Waals surface area contributed by atoms with Gasteiger partial charge in [0, 0.05) is 12.1 Å². The standard InChI is InChI=1S/C13H13N3O/c1-2-8-16-12(10-6-4-3-5-7-10)15-9-11(14)13(16)17/h2-7,9H,1,8,14H2. The van der Waals surface area contributed by atoms with Crippen LogP contribution in [0.25, 0.3) is 11.4 Å². The van der Waals surface area contributed by atoms with Gasteiger partial charge in [0.25, 0.3) is 5.56 Å². The molecule has 0 bridgehead atoms. The Morgan fingerprint density at radius 2 is 2.06 bits per heavy atom. The second-order valence-electron chi connectivity index (χ2n) is 3.61. The van der Waals surface area contributed by atoms with E-state index in [9.17, 15) is 4.79 Å². The smallest absolute Gasteiger partial charge is 0.277 e. The summed E-state index contributed by atoms with van der Waals surface area (Å²) in [6, 6.07) is 9.51. The van der Waals surface area contributed by atoms with Crippen molar-refractivity contribution in [1.29, 1.82) is 0 Å². The van der Waals surface area contributed by atoms with E-state index in [1.54, 1.807) is 6.08 Å². The average molecular weight is 227 g/mol. The highest BCUT2D eigenvalue weighted by Crippen LogP contribution is 2.15. The Morgan fingerprint density at radius 1 is 1.35 bits per heavy atom. The molecule has 0 unspecified atom stereocenters. The molecule has 1 aromatic carbocycles. The van der Waals surface area contributed by atoms with Gasteiger partial charge in [-0.15, -0.1) is 6.58 Å². The third kappa shape index (κ3) is 2.10. The molecule has 2 aromatic rings. The van der Waals surface area contributed by atoms with Crippen LogP contribution in [0.5, 0.6) is 0 Å². The monoisotopic (exact) mass is 227 g/mol. The average Bonchev–Trinajstić information content (AvgIpc) is 2.36. The molecular formula is C13H13N3O. The number of rotatable bonds is 3. The molecule has 0 aliphatic rings. The first-order chi connectivity index (χ1) is 8.24. The second kappa shape index (κ2) is 4.65. The molecule has 0 radical (unpaired) electrons. The Bertz CT molecular complexity index is 587. The van der Waals surface area contributed by atoms with Crippen molar-refractivity contribution in [2.45, 2.75) is 6.54 Å². The van der Waals surface area contributed by atoms with Crippen LogP contribution in [0.3, 0.4) is 0 Å². The topological polar surface area (TPSA) is 60.9 Å². The molecule has 4 nitrogen and oxygen atoms in total. The predicted octanol–water partition coefficient (Wildman–Crippen LogP) is 1.68. The van der Waals surface area contributed by atoms with Crippen molar-refractivity contribution in [3.8, 4) is 11.4 Å². The quantitative estimate of drug-likeness (QED) is 0.811. The summed E-state index contributed by atoms with van der Waals surface area (Å²) in [6.45, 7) is 4.02. The largest absolute Gasteiger partial charge is 0.393 e. The lowest BCUT2D eigenvalue weighted by molar-refractivity contribution is 0.770. The minimum atomic E-state index is -0.237. The highest BCUT2D eigenvalue weighted by molar-refractivity contribution is 5.56. The molecule has 0 saturated carbocycles. The van der Waals surface area contributed by atoms with Gasteiger partial charge in [-0.05, 0) is 0 Å². The molecule has 0 atom stereocenters. The molecule has 17 heavy (non-hydrogen) atoms. The van der Waals surface area contributed by atoms with Crippen LogP contribution in [0, 0.1) is 0 Å². The Hall–Kier alpha value is -2.36. The van der Waals surface area contributed by atoms with E-state index < -0.39 is 0 Å². The van der Waals surface area contributed by atoms with E-state index >= 15 is 0 Å². The number of allylic oxidation sites excluding steroid dienone is 1. The van der Waals surface area contributed by atoms with Crippen molar-refractivity contribution in [3.63, 3.8) is 0 Å². The summed E-state index contributed by atoms with van der Waals surface area (Å²) >= 11 is 0. The molecule has 0 aliphatic carbocycles. The van der Waals surface area contributed by atoms with Gasteiger partial charge in [0.05, 0.1) is 6.20 Å². The molecule has 0 amide bonds. The summed E-state index contributed by atoms with van der Waals surface area (Å²) < 4.78 is 1.51. The molecule has 86 valence electrons. The third-order valence-electron chi connectivity index (χ3n) is 2.42. The van der Waals surface area contributed by atoms with Crippen molar-refractivity contribution in [2.24, 2.45) is 0 Å². The van der Waals surface area contributed by atoms with E-state index in [0.717, 1.165) is 5.56 Å². The Kier molecular flexibility index (Phi) is 3.05. The number of hydrogen-bond donors (Lipinski definition) is 1. The van der Waals surface area contributed by atoms with Crippen LogP contribution in [0.1, 0.15) is 0 Å². The van der Waals surface area contributed by atoms with Crippen molar-refractivity contribution >= 4 is 5.69 Å². The first-order valence-corrected chi connectivity index (χ1v) is 5.25. The fraction of sp³-hybridized carbons (Fsp3) is 0.0769. The first-order valence-electron chi connectivity index (χ1n) is 5.25. The van der Waals surface area contributed by atoms with E-state index in [0.29, 0.717) is 12.4 Å². The SMILES string of the molecule is C=CCn1c(-c2ccccc2)ncc(N)c1=O. The highest BCUT2D eigenvalue weighted by Gasteiger charge is 2.08. The summed E-state index contributed by atoms with van der Waals surface area (Å²) in [7, 11) is 0. The summed E-state index contributed by atoms with van der Waals surface area (Å²) in [5.41, 5.74) is 6.36. The molecule has 0 aliphatic heterocycles. The molecular weight excluding hydrogens is 214 g/mol. The number of aromatic nitrogens is 2. The molecule has 0 saturated heterocycles. The van der Waals surface area contributed by atoms with Crippen LogP contribution in [0.4, 0.5) is 5.69 Å². The van der Waals surface area contributed by atoms with Crippen molar-refractivity contribution < 1.29 is 0 Å². The van der Waals surface area contributed by atoms with Gasteiger partial charge in [-0.1, -0.05) is 36.4 Å². The number of nitrogens with two attached hydrogens (primary N) is 1. The maximum atomic E-state index is 11.9. The van der Waals surface area contributed by atoms with Crippen LogP contribution < -0.4 is 11.3 Å². The van der Waals surface area contributed by atoms with Gasteiger partial charge in [-0.2, -0.15) is 0 Å². The molecule has 1 heterocycles. The van der Waals surface area contributed by atoms with E-state index in [-0.39, 0.29) is 11.2 Å². The Morgan fingerprint density at radius 3 is 2.71 bits per heavy atom. The van der Waals surface area contributed by atoms with E-state index in [1.165, 1.54) is 10.8 Å². The van der Waals surface area contributed by atoms with Crippen molar-refractivity contribution in [2.75, 3.05) is 5.73 Å². The number of hydrogen-bond acceptors (Lipinski definition) is 3. The number of benzene rings is 1. The van der Waals surface area contributed by atoms with Gasteiger partial charge in [-0.3, -0.25) is 9.36 Å². The predicted molar refractivity (Wildman–Crippen MR) is 68.5 cm³/mol. The fourth-order valence-corrected chi connectivity index (χ4v) is 1.62. The van der Waals surface area contributed by atoms with Gasteiger partial charge in [0.2, 0.25) is 0 Å². The van der Waals surface area contributed by atoms with Crippen molar-refractivity contribution in [1.82, 2.24) is 9.55 Å². The van der Waals surface area contributed by atoms with Crippen LogP contribution >= 0.6 is 0 Å². The zero-order valence-corrected chi connectivity index (χ0v) is 9.34. The first kappa shape index (κ1) is 11.1. The van der Waals surface area contributed by atoms with Crippen LogP contribution in [0.2, 0.25) is 0 Å². The second-order valence-corrected chi connectivity index (χ2v) is 3.61. The van der Waals surface area contributed by atoms with Gasteiger partial charge < -0.3 is 5.73 Å². The molecule has 0 spiro atoms. The van der Waals surface area contributed by atoms with E-state index in [2.05, 4.69) is 11.6 Å². The fourth-order valence-electron chi connectivity index (χ4n) is 1.62. The van der Waals surface area contributed by atoms with Crippen LogP contribution in [0.15, 0.2) is 54.0 Å². The molecule has 2 rings (SSSR count). The molecule has 2 N–H and O–H groups in total. The van der Waals surface area contributed by atoms with Crippen molar-refractivity contribution in [3.05, 3.63) is 59.5 Å². The molecule has 1 aromatic heterocycles. The lowest BCUT2D eigenvalue weighted by atomic mass is 10.2. The minimum Gasteiger partial charge on any atom is -0.393 e. The molecule has 4 heteroatoms. The molecule has 0 fully saturated rings. The zero-order chi connectivity index (χ0) is 12.3. The minimum absolute atomic E-state index is 0.145. The maximum Gasteiger partial charge on any atom is 0.277 e. The van der Waals surface area contributed by atoms with Gasteiger partial charge in [0.1, 0.15) is 11.5 Å². The Balaban J connectivity index is 2.66. The Labute approximate surface area is 99.0 Å². The zero-order valence-electron chi connectivity index (χ0n) is 9.34. The van der Waals surface area contributed by atoms with Gasteiger partial charge in [0.15, 0.2) is 0 Å². The van der Waals surface area contributed by atoms with E-state index in [4.69, 9.17) is 5.73 Å². The van der Waals surface area contributed by atoms with E-state index in [1.807, 2.05) is 30.3 Å². The highest BCUT2D eigenvalue weighted by atomic mass is 16.1. The summed E-state index contributed by atoms with van der Waals surface area (Å²) in [5, 5.41) is 0. The lowest BCUT2D eigenvalue weighted by Gasteiger charge is -2.10. The van der Waals surface area contributed by atoms with Gasteiger partial charge in [-0.25, -0.2) is 4.98 Å². The maximum absolute atomic E-state index is 11.9. The summed E-state index contributed by atoms with van der Waals surface area (Å²) in [6.07, 6.45) is 3.04. The number of anilines is 1. The van der Waals surface area contributed by atoms with Crippen LogP contribution in [-0.2, 0) is 6.54 Å². The summed E-state index contributed by atoms with van der Waals surface area (Å²) in [4.78, 5) is 16.1.